The van der Waals surface area contributed by atoms with E-state index in [1.165, 1.54) is 31.2 Å². The Morgan fingerprint density at radius 2 is 1.55 bits per heavy atom. The van der Waals surface area contributed by atoms with Gasteiger partial charge in [-0.2, -0.15) is 0 Å². The molecule has 29 heavy (non-hydrogen) atoms. The van der Waals surface area contributed by atoms with Crippen LogP contribution < -0.4 is 0 Å². The van der Waals surface area contributed by atoms with E-state index in [9.17, 15) is 31.9 Å². The minimum absolute atomic E-state index is 0.0121. The summed E-state index contributed by atoms with van der Waals surface area (Å²) in [5, 5.41) is 9.23. The van der Waals surface area contributed by atoms with E-state index in [0.29, 0.717) is 6.07 Å². The van der Waals surface area contributed by atoms with Crippen LogP contribution in [0.4, 0.5) is 8.78 Å². The maximum atomic E-state index is 13.8. The fraction of sp³-hybridized carbons (Fsp3) is 0.200. The SMILES string of the molecule is CCOC(=O)/C(CC(=O)O)=C(\c1ccc(S(C)(=O)=O)cc1)c1cc(F)cc(F)c1. The molecule has 0 bridgehead atoms. The largest absolute Gasteiger partial charge is 0.481 e. The van der Waals surface area contributed by atoms with Crippen LogP contribution in [0.2, 0.25) is 0 Å². The van der Waals surface area contributed by atoms with Crippen LogP contribution in [-0.2, 0) is 24.2 Å². The number of esters is 1. The third-order valence-corrected chi connectivity index (χ3v) is 5.00. The van der Waals surface area contributed by atoms with Gasteiger partial charge in [0, 0.05) is 17.9 Å². The van der Waals surface area contributed by atoms with Crippen molar-refractivity contribution in [2.75, 3.05) is 12.9 Å². The molecular formula is C20H18F2O6S. The number of ether oxygens (including phenoxy) is 1. The lowest BCUT2D eigenvalue weighted by Crippen LogP contribution is -2.14. The van der Waals surface area contributed by atoms with Crippen LogP contribution in [0.25, 0.3) is 5.57 Å². The maximum absolute atomic E-state index is 13.8. The van der Waals surface area contributed by atoms with Gasteiger partial charge in [0.1, 0.15) is 11.6 Å². The van der Waals surface area contributed by atoms with E-state index in [1.54, 1.807) is 0 Å². The Balaban J connectivity index is 2.82. The molecule has 0 fully saturated rings. The molecular weight excluding hydrogens is 406 g/mol. The van der Waals surface area contributed by atoms with Crippen molar-refractivity contribution in [1.82, 2.24) is 0 Å². The quantitative estimate of drug-likeness (QED) is 0.542. The summed E-state index contributed by atoms with van der Waals surface area (Å²) in [6.07, 6.45) is 0.245. The highest BCUT2D eigenvalue weighted by atomic mass is 32.2. The first kappa shape index (κ1) is 22.2. The molecule has 0 aromatic heterocycles. The Morgan fingerprint density at radius 1 is 1.00 bits per heavy atom. The van der Waals surface area contributed by atoms with Crippen molar-refractivity contribution in [1.29, 1.82) is 0 Å². The van der Waals surface area contributed by atoms with Gasteiger partial charge in [-0.3, -0.25) is 4.79 Å². The molecule has 0 saturated heterocycles. The van der Waals surface area contributed by atoms with Gasteiger partial charge < -0.3 is 9.84 Å². The molecule has 0 saturated carbocycles. The minimum Gasteiger partial charge on any atom is -0.481 e. The number of aliphatic carboxylic acids is 1. The van der Waals surface area contributed by atoms with Gasteiger partial charge in [-0.15, -0.1) is 0 Å². The lowest BCUT2D eigenvalue weighted by molar-refractivity contribution is -0.142. The summed E-state index contributed by atoms with van der Waals surface area (Å²) in [6.45, 7) is 1.48. The van der Waals surface area contributed by atoms with Crippen molar-refractivity contribution in [2.24, 2.45) is 0 Å². The average molecular weight is 424 g/mol. The summed E-state index contributed by atoms with van der Waals surface area (Å²) in [7, 11) is -3.51. The minimum atomic E-state index is -3.51. The summed E-state index contributed by atoms with van der Waals surface area (Å²) in [4.78, 5) is 23.8. The first-order valence-electron chi connectivity index (χ1n) is 8.42. The predicted molar refractivity (Wildman–Crippen MR) is 101 cm³/mol. The van der Waals surface area contributed by atoms with Crippen LogP contribution >= 0.6 is 0 Å². The molecule has 2 aromatic rings. The number of hydrogen-bond donors (Lipinski definition) is 1. The molecule has 0 aliphatic carbocycles. The van der Waals surface area contributed by atoms with Crippen LogP contribution in [0, 0.1) is 11.6 Å². The molecule has 0 radical (unpaired) electrons. The molecule has 0 atom stereocenters. The maximum Gasteiger partial charge on any atom is 0.335 e. The van der Waals surface area contributed by atoms with Gasteiger partial charge >= 0.3 is 11.9 Å². The number of halogens is 2. The van der Waals surface area contributed by atoms with E-state index >= 15 is 0 Å². The van der Waals surface area contributed by atoms with Gasteiger partial charge in [0.25, 0.3) is 0 Å². The third kappa shape index (κ3) is 5.71. The van der Waals surface area contributed by atoms with Gasteiger partial charge in [-0.1, -0.05) is 12.1 Å². The smallest absolute Gasteiger partial charge is 0.335 e. The summed E-state index contributed by atoms with van der Waals surface area (Å²) in [5.74, 6) is -4.16. The Bertz CT molecular complexity index is 1050. The zero-order valence-electron chi connectivity index (χ0n) is 15.6. The van der Waals surface area contributed by atoms with Crippen molar-refractivity contribution in [3.63, 3.8) is 0 Å². The van der Waals surface area contributed by atoms with Crippen molar-refractivity contribution < 1.29 is 36.6 Å². The van der Waals surface area contributed by atoms with Crippen LogP contribution in [0.3, 0.4) is 0 Å². The van der Waals surface area contributed by atoms with Gasteiger partial charge in [0.15, 0.2) is 9.84 Å². The monoisotopic (exact) mass is 424 g/mol. The highest BCUT2D eigenvalue weighted by Gasteiger charge is 2.23. The van der Waals surface area contributed by atoms with E-state index in [4.69, 9.17) is 4.74 Å². The van der Waals surface area contributed by atoms with Crippen molar-refractivity contribution in [3.05, 3.63) is 70.8 Å². The molecule has 154 valence electrons. The number of hydrogen-bond acceptors (Lipinski definition) is 5. The van der Waals surface area contributed by atoms with Crippen LogP contribution in [0.5, 0.6) is 0 Å². The molecule has 6 nitrogen and oxygen atoms in total. The van der Waals surface area contributed by atoms with Gasteiger partial charge in [-0.05, 0) is 42.3 Å². The first-order valence-corrected chi connectivity index (χ1v) is 10.3. The summed E-state index contributed by atoms with van der Waals surface area (Å²) in [5.41, 5.74) is -0.272. The van der Waals surface area contributed by atoms with Crippen LogP contribution in [0.1, 0.15) is 24.5 Å². The third-order valence-electron chi connectivity index (χ3n) is 3.87. The summed E-state index contributed by atoms with van der Waals surface area (Å²) in [6, 6.07) is 7.70. The number of carbonyl (C=O) groups is 2. The molecule has 9 heteroatoms. The zero-order chi connectivity index (χ0) is 21.8. The Morgan fingerprint density at radius 3 is 2.00 bits per heavy atom. The van der Waals surface area contributed by atoms with E-state index in [1.807, 2.05) is 0 Å². The number of carboxylic acid groups (broad SMARTS) is 1. The highest BCUT2D eigenvalue weighted by Crippen LogP contribution is 2.31. The predicted octanol–water partition coefficient (Wildman–Crippen LogP) is 3.21. The summed E-state index contributed by atoms with van der Waals surface area (Å²) >= 11 is 0. The molecule has 1 N–H and O–H groups in total. The number of benzene rings is 2. The van der Waals surface area contributed by atoms with E-state index in [2.05, 4.69) is 0 Å². The molecule has 0 spiro atoms. The first-order chi connectivity index (χ1) is 13.5. The second-order valence-corrected chi connectivity index (χ2v) is 8.11. The lowest BCUT2D eigenvalue weighted by Gasteiger charge is -2.15. The lowest BCUT2D eigenvalue weighted by atomic mass is 9.91. The second-order valence-electron chi connectivity index (χ2n) is 6.10. The number of rotatable bonds is 7. The van der Waals surface area contributed by atoms with Crippen molar-refractivity contribution in [2.45, 2.75) is 18.2 Å². The summed E-state index contributed by atoms with van der Waals surface area (Å²) < 4.78 is 55.9. The Labute approximate surface area is 166 Å². The van der Waals surface area contributed by atoms with Crippen LogP contribution in [-0.4, -0.2) is 38.3 Å². The van der Waals surface area contributed by atoms with E-state index in [0.717, 1.165) is 18.4 Å². The fourth-order valence-electron chi connectivity index (χ4n) is 2.71. The molecule has 2 aromatic carbocycles. The number of sulfone groups is 1. The van der Waals surface area contributed by atoms with Gasteiger partial charge in [0.05, 0.1) is 23.5 Å². The molecule has 0 heterocycles. The Hall–Kier alpha value is -3.07. The fourth-order valence-corrected chi connectivity index (χ4v) is 3.34. The molecule has 0 amide bonds. The van der Waals surface area contributed by atoms with Crippen LogP contribution in [0.15, 0.2) is 52.9 Å². The normalized spacial score (nSPS) is 12.3. The number of carbonyl (C=O) groups excluding carboxylic acids is 1. The van der Waals surface area contributed by atoms with E-state index < -0.39 is 39.8 Å². The zero-order valence-corrected chi connectivity index (χ0v) is 16.4. The van der Waals surface area contributed by atoms with Crippen molar-refractivity contribution in [3.8, 4) is 0 Å². The molecule has 0 aliphatic heterocycles. The molecule has 2 rings (SSSR count). The number of carboxylic acids is 1. The average Bonchev–Trinajstić information content (AvgIpc) is 2.60. The van der Waals surface area contributed by atoms with Gasteiger partial charge in [0.2, 0.25) is 0 Å². The van der Waals surface area contributed by atoms with Gasteiger partial charge in [-0.25, -0.2) is 22.0 Å². The Kier molecular flexibility index (Phi) is 6.86. The molecule has 0 aliphatic rings. The van der Waals surface area contributed by atoms with Crippen molar-refractivity contribution >= 4 is 27.3 Å². The van der Waals surface area contributed by atoms with E-state index in [-0.39, 0.29) is 33.8 Å². The standard InChI is InChI=1S/C20H18F2O6S/c1-3-28-20(25)17(11-18(23)24)19(13-8-14(21)10-15(22)9-13)12-4-6-16(7-5-12)29(2,26)27/h4-10H,3,11H2,1-2H3,(H,23,24)/b19-17+. The molecule has 0 unspecified atom stereocenters. The highest BCUT2D eigenvalue weighted by molar-refractivity contribution is 7.90. The second kappa shape index (κ2) is 8.95. The topological polar surface area (TPSA) is 97.7 Å².